The van der Waals surface area contributed by atoms with E-state index in [1.165, 1.54) is 6.92 Å². The Balaban J connectivity index is 1.78. The summed E-state index contributed by atoms with van der Waals surface area (Å²) in [6.45, 7) is 5.08. The Kier molecular flexibility index (Phi) is 5.56. The van der Waals surface area contributed by atoms with Gasteiger partial charge in [-0.1, -0.05) is 5.92 Å². The zero-order valence-corrected chi connectivity index (χ0v) is 12.7. The normalized spacial score (nSPS) is 15.2. The summed E-state index contributed by atoms with van der Waals surface area (Å²) >= 11 is 0. The first-order chi connectivity index (χ1) is 10.6. The molecule has 1 saturated heterocycles. The van der Waals surface area contributed by atoms with Crippen molar-refractivity contribution in [3.8, 4) is 18.1 Å². The number of ketones is 1. The fourth-order valence-corrected chi connectivity index (χ4v) is 2.31. The molecule has 0 bridgehead atoms. The second-order valence-electron chi connectivity index (χ2n) is 5.23. The number of carbonyl (C=O) groups is 2. The highest BCUT2D eigenvalue weighted by atomic mass is 16.5. The molecule has 0 atom stereocenters. The Labute approximate surface area is 130 Å². The van der Waals surface area contributed by atoms with Gasteiger partial charge in [0.05, 0.1) is 6.54 Å². The average molecular weight is 300 g/mol. The number of terminal acetylenes is 1. The summed E-state index contributed by atoms with van der Waals surface area (Å²) in [5, 5.41) is 0. The standard InChI is InChI=1S/C17H20N2O3/c1-3-8-18-9-11-19(12-10-18)17(21)13-22-16-6-4-15(5-7-16)14(2)20/h1,4-7H,8-13H2,2H3. The van der Waals surface area contributed by atoms with Crippen molar-refractivity contribution in [3.63, 3.8) is 0 Å². The van der Waals surface area contributed by atoms with Gasteiger partial charge in [-0.3, -0.25) is 14.5 Å². The predicted molar refractivity (Wildman–Crippen MR) is 83.8 cm³/mol. The number of hydrogen-bond donors (Lipinski definition) is 0. The van der Waals surface area contributed by atoms with Crippen molar-refractivity contribution in [2.24, 2.45) is 0 Å². The molecule has 1 heterocycles. The van der Waals surface area contributed by atoms with Gasteiger partial charge >= 0.3 is 0 Å². The number of piperazine rings is 1. The lowest BCUT2D eigenvalue weighted by Gasteiger charge is -2.33. The van der Waals surface area contributed by atoms with Gasteiger partial charge in [-0.25, -0.2) is 0 Å². The number of amides is 1. The second kappa shape index (κ2) is 7.62. The minimum Gasteiger partial charge on any atom is -0.484 e. The molecule has 0 N–H and O–H groups in total. The van der Waals surface area contributed by atoms with E-state index in [1.807, 2.05) is 0 Å². The topological polar surface area (TPSA) is 49.9 Å². The Hall–Kier alpha value is -2.32. The first kappa shape index (κ1) is 16.1. The maximum absolute atomic E-state index is 12.1. The van der Waals surface area contributed by atoms with E-state index in [4.69, 9.17) is 11.2 Å². The monoisotopic (exact) mass is 300 g/mol. The average Bonchev–Trinajstić information content (AvgIpc) is 2.54. The van der Waals surface area contributed by atoms with Crippen LogP contribution in [0.5, 0.6) is 5.75 Å². The maximum atomic E-state index is 12.1. The molecule has 2 rings (SSSR count). The van der Waals surface area contributed by atoms with Crippen LogP contribution in [-0.4, -0.2) is 60.8 Å². The van der Waals surface area contributed by atoms with Crippen LogP contribution in [0.3, 0.4) is 0 Å². The third-order valence-corrected chi connectivity index (χ3v) is 3.66. The molecule has 0 radical (unpaired) electrons. The van der Waals surface area contributed by atoms with Gasteiger partial charge in [0.1, 0.15) is 5.75 Å². The van der Waals surface area contributed by atoms with Crippen molar-refractivity contribution in [1.82, 2.24) is 9.80 Å². The zero-order valence-electron chi connectivity index (χ0n) is 12.7. The Morgan fingerprint density at radius 1 is 1.18 bits per heavy atom. The van der Waals surface area contributed by atoms with Crippen LogP contribution in [0.15, 0.2) is 24.3 Å². The smallest absolute Gasteiger partial charge is 0.260 e. The summed E-state index contributed by atoms with van der Waals surface area (Å²) in [4.78, 5) is 27.2. The molecule has 1 fully saturated rings. The molecule has 0 unspecified atom stereocenters. The molecule has 1 amide bonds. The highest BCUT2D eigenvalue weighted by Crippen LogP contribution is 2.13. The molecule has 116 valence electrons. The van der Waals surface area contributed by atoms with Crippen LogP contribution in [0, 0.1) is 12.3 Å². The quantitative estimate of drug-likeness (QED) is 0.602. The van der Waals surface area contributed by atoms with Gasteiger partial charge in [-0.05, 0) is 31.2 Å². The zero-order chi connectivity index (χ0) is 15.9. The fraction of sp³-hybridized carbons (Fsp3) is 0.412. The number of rotatable bonds is 5. The van der Waals surface area contributed by atoms with Crippen molar-refractivity contribution in [2.75, 3.05) is 39.3 Å². The van der Waals surface area contributed by atoms with Gasteiger partial charge in [0.25, 0.3) is 5.91 Å². The van der Waals surface area contributed by atoms with Crippen LogP contribution in [0.1, 0.15) is 17.3 Å². The van der Waals surface area contributed by atoms with E-state index in [-0.39, 0.29) is 18.3 Å². The summed E-state index contributed by atoms with van der Waals surface area (Å²) < 4.78 is 5.48. The number of Topliss-reactive ketones (excluding diaryl/α,β-unsaturated/α-hetero) is 1. The van der Waals surface area contributed by atoms with Crippen molar-refractivity contribution in [2.45, 2.75) is 6.92 Å². The molecule has 1 aromatic rings. The summed E-state index contributed by atoms with van der Waals surface area (Å²) in [6, 6.07) is 6.80. The Morgan fingerprint density at radius 3 is 2.36 bits per heavy atom. The largest absolute Gasteiger partial charge is 0.484 e. The number of benzene rings is 1. The van der Waals surface area contributed by atoms with Gasteiger partial charge in [-0.2, -0.15) is 0 Å². The van der Waals surface area contributed by atoms with Crippen molar-refractivity contribution in [1.29, 1.82) is 0 Å². The van der Waals surface area contributed by atoms with Crippen LogP contribution in [-0.2, 0) is 4.79 Å². The number of nitrogens with zero attached hydrogens (tertiary/aromatic N) is 2. The summed E-state index contributed by atoms with van der Waals surface area (Å²) in [6.07, 6.45) is 5.28. The molecule has 0 spiro atoms. The lowest BCUT2D eigenvalue weighted by molar-refractivity contribution is -0.135. The highest BCUT2D eigenvalue weighted by Gasteiger charge is 2.20. The minimum absolute atomic E-state index is 0.00691. The van der Waals surface area contributed by atoms with Crippen molar-refractivity contribution in [3.05, 3.63) is 29.8 Å². The van der Waals surface area contributed by atoms with Gasteiger partial charge in [0.2, 0.25) is 0 Å². The van der Waals surface area contributed by atoms with Crippen LogP contribution >= 0.6 is 0 Å². The fourth-order valence-electron chi connectivity index (χ4n) is 2.31. The molecule has 1 aliphatic heterocycles. The summed E-state index contributed by atoms with van der Waals surface area (Å²) in [7, 11) is 0. The highest BCUT2D eigenvalue weighted by molar-refractivity contribution is 5.94. The SMILES string of the molecule is C#CCN1CCN(C(=O)COc2ccc(C(C)=O)cc2)CC1. The molecule has 0 aliphatic carbocycles. The number of carbonyl (C=O) groups excluding carboxylic acids is 2. The molecule has 1 aliphatic rings. The summed E-state index contributed by atoms with van der Waals surface area (Å²) in [5.74, 6) is 3.18. The molecule has 1 aromatic carbocycles. The van der Waals surface area contributed by atoms with Crippen LogP contribution < -0.4 is 4.74 Å². The first-order valence-corrected chi connectivity index (χ1v) is 7.27. The Morgan fingerprint density at radius 2 is 1.82 bits per heavy atom. The van der Waals surface area contributed by atoms with Gasteiger partial charge in [0.15, 0.2) is 12.4 Å². The van der Waals surface area contributed by atoms with Crippen LogP contribution in [0.25, 0.3) is 0 Å². The van der Waals surface area contributed by atoms with E-state index >= 15 is 0 Å². The lowest BCUT2D eigenvalue weighted by Crippen LogP contribution is -2.49. The molecule has 5 nitrogen and oxygen atoms in total. The first-order valence-electron chi connectivity index (χ1n) is 7.27. The van der Waals surface area contributed by atoms with E-state index in [2.05, 4.69) is 10.8 Å². The third-order valence-electron chi connectivity index (χ3n) is 3.66. The van der Waals surface area contributed by atoms with Crippen molar-refractivity contribution < 1.29 is 14.3 Å². The predicted octanol–water partition coefficient (Wildman–Crippen LogP) is 1.05. The molecular weight excluding hydrogens is 280 g/mol. The number of ether oxygens (including phenoxy) is 1. The molecule has 5 heteroatoms. The van der Waals surface area contributed by atoms with E-state index in [0.29, 0.717) is 30.9 Å². The molecular formula is C17H20N2O3. The van der Waals surface area contributed by atoms with E-state index < -0.39 is 0 Å². The molecule has 0 aromatic heterocycles. The lowest BCUT2D eigenvalue weighted by atomic mass is 10.1. The van der Waals surface area contributed by atoms with E-state index in [1.54, 1.807) is 29.2 Å². The Bertz CT molecular complexity index is 567. The van der Waals surface area contributed by atoms with Gasteiger partial charge in [0, 0.05) is 31.7 Å². The van der Waals surface area contributed by atoms with Crippen LogP contribution in [0.4, 0.5) is 0 Å². The second-order valence-corrected chi connectivity index (χ2v) is 5.23. The van der Waals surface area contributed by atoms with E-state index in [0.717, 1.165) is 13.1 Å². The van der Waals surface area contributed by atoms with Crippen LogP contribution in [0.2, 0.25) is 0 Å². The number of hydrogen-bond acceptors (Lipinski definition) is 4. The third kappa shape index (κ3) is 4.34. The molecule has 0 saturated carbocycles. The summed E-state index contributed by atoms with van der Waals surface area (Å²) in [5.41, 5.74) is 0.628. The minimum atomic E-state index is -0.0315. The maximum Gasteiger partial charge on any atom is 0.260 e. The van der Waals surface area contributed by atoms with Crippen molar-refractivity contribution >= 4 is 11.7 Å². The van der Waals surface area contributed by atoms with Gasteiger partial charge in [-0.15, -0.1) is 6.42 Å². The van der Waals surface area contributed by atoms with E-state index in [9.17, 15) is 9.59 Å². The van der Waals surface area contributed by atoms with Gasteiger partial charge < -0.3 is 9.64 Å². The molecule has 22 heavy (non-hydrogen) atoms.